The number of hydrogen-bond donors (Lipinski definition) is 1. The third-order valence-corrected chi connectivity index (χ3v) is 3.96. The zero-order valence-electron chi connectivity index (χ0n) is 13.7. The lowest BCUT2D eigenvalue weighted by Gasteiger charge is -2.23. The van der Waals surface area contributed by atoms with E-state index in [1.807, 2.05) is 32.9 Å². The highest BCUT2D eigenvalue weighted by Crippen LogP contribution is 2.23. The van der Waals surface area contributed by atoms with Crippen LogP contribution in [0.15, 0.2) is 18.2 Å². The van der Waals surface area contributed by atoms with Crippen molar-refractivity contribution in [3.8, 4) is 0 Å². The molecule has 1 aromatic carbocycles. The molecule has 0 unspecified atom stereocenters. The molecule has 1 fully saturated rings. The van der Waals surface area contributed by atoms with Crippen molar-refractivity contribution in [3.05, 3.63) is 29.3 Å². The van der Waals surface area contributed by atoms with Crippen LogP contribution in [0.2, 0.25) is 0 Å². The normalized spacial score (nSPS) is 19.4. The van der Waals surface area contributed by atoms with Gasteiger partial charge in [0.25, 0.3) is 0 Å². The Bertz CT molecular complexity index is 551. The number of carbonyl (C=O) groups excluding carboxylic acids is 2. The van der Waals surface area contributed by atoms with Crippen LogP contribution in [-0.2, 0) is 14.3 Å². The van der Waals surface area contributed by atoms with E-state index in [0.717, 1.165) is 16.8 Å². The number of ether oxygens (including phenoxy) is 1. The number of hydrogen-bond acceptors (Lipinski definition) is 3. The standard InChI is InChI=1S/C17H24N2O3/c1-11-5-12(2)7-15(6-11)18-17(21)14-8-16(20)19(9-14)13(3)10-22-4/h5-7,13-14H,8-10H2,1-4H3,(H,18,21)/t13-,14-/m1/s1. The maximum Gasteiger partial charge on any atom is 0.229 e. The van der Waals surface area contributed by atoms with Gasteiger partial charge < -0.3 is 15.0 Å². The molecule has 1 aromatic rings. The maximum absolute atomic E-state index is 12.4. The SMILES string of the molecule is COC[C@@H](C)N1C[C@H](C(=O)Nc2cc(C)cc(C)c2)CC1=O. The molecular weight excluding hydrogens is 280 g/mol. The first kappa shape index (κ1) is 16.5. The van der Waals surface area contributed by atoms with E-state index in [-0.39, 0.29) is 30.2 Å². The van der Waals surface area contributed by atoms with Gasteiger partial charge in [-0.3, -0.25) is 9.59 Å². The molecule has 2 rings (SSSR count). The second kappa shape index (κ2) is 6.92. The lowest BCUT2D eigenvalue weighted by atomic mass is 10.1. The van der Waals surface area contributed by atoms with Crippen LogP contribution in [0.25, 0.3) is 0 Å². The molecule has 0 radical (unpaired) electrons. The van der Waals surface area contributed by atoms with E-state index in [1.54, 1.807) is 12.0 Å². The van der Waals surface area contributed by atoms with Crippen LogP contribution >= 0.6 is 0 Å². The zero-order chi connectivity index (χ0) is 16.3. The van der Waals surface area contributed by atoms with Crippen LogP contribution in [-0.4, -0.2) is 43.0 Å². The van der Waals surface area contributed by atoms with E-state index in [0.29, 0.717) is 13.2 Å². The van der Waals surface area contributed by atoms with Crippen molar-refractivity contribution in [2.75, 3.05) is 25.6 Å². The van der Waals surface area contributed by atoms with Crippen molar-refractivity contribution in [3.63, 3.8) is 0 Å². The van der Waals surface area contributed by atoms with Crippen LogP contribution in [0.1, 0.15) is 24.5 Å². The number of nitrogens with one attached hydrogen (secondary N) is 1. The van der Waals surface area contributed by atoms with Crippen molar-refractivity contribution in [1.29, 1.82) is 0 Å². The van der Waals surface area contributed by atoms with Crippen molar-refractivity contribution in [1.82, 2.24) is 4.90 Å². The highest BCUT2D eigenvalue weighted by atomic mass is 16.5. The summed E-state index contributed by atoms with van der Waals surface area (Å²) in [7, 11) is 1.61. The van der Waals surface area contributed by atoms with Gasteiger partial charge in [-0.05, 0) is 44.0 Å². The fourth-order valence-corrected chi connectivity index (χ4v) is 2.96. The molecule has 2 atom stereocenters. The molecule has 1 N–H and O–H groups in total. The second-order valence-corrected chi connectivity index (χ2v) is 6.12. The first-order chi connectivity index (χ1) is 10.4. The van der Waals surface area contributed by atoms with Gasteiger partial charge in [0, 0.05) is 25.8 Å². The quantitative estimate of drug-likeness (QED) is 0.906. The Morgan fingerprint density at radius 3 is 2.59 bits per heavy atom. The molecule has 1 aliphatic rings. The average Bonchev–Trinajstić information content (AvgIpc) is 2.80. The predicted molar refractivity (Wildman–Crippen MR) is 85.7 cm³/mol. The molecule has 22 heavy (non-hydrogen) atoms. The van der Waals surface area contributed by atoms with Gasteiger partial charge in [0.1, 0.15) is 0 Å². The number of nitrogens with zero attached hydrogens (tertiary/aromatic N) is 1. The van der Waals surface area contributed by atoms with E-state index < -0.39 is 0 Å². The monoisotopic (exact) mass is 304 g/mol. The number of carbonyl (C=O) groups is 2. The Hall–Kier alpha value is -1.88. The van der Waals surface area contributed by atoms with Crippen LogP contribution in [0.3, 0.4) is 0 Å². The Morgan fingerprint density at radius 1 is 1.36 bits per heavy atom. The van der Waals surface area contributed by atoms with Gasteiger partial charge in [-0.2, -0.15) is 0 Å². The van der Waals surface area contributed by atoms with Crippen LogP contribution in [0.5, 0.6) is 0 Å². The topological polar surface area (TPSA) is 58.6 Å². The molecule has 5 heteroatoms. The number of methoxy groups -OCH3 is 1. The smallest absolute Gasteiger partial charge is 0.229 e. The molecule has 0 aliphatic carbocycles. The minimum Gasteiger partial charge on any atom is -0.383 e. The molecule has 0 spiro atoms. The third-order valence-electron chi connectivity index (χ3n) is 3.96. The zero-order valence-corrected chi connectivity index (χ0v) is 13.7. The summed E-state index contributed by atoms with van der Waals surface area (Å²) < 4.78 is 5.09. The first-order valence-electron chi connectivity index (χ1n) is 7.58. The van der Waals surface area contributed by atoms with Crippen LogP contribution < -0.4 is 5.32 Å². The Labute approximate surface area is 131 Å². The van der Waals surface area contributed by atoms with E-state index in [1.165, 1.54) is 0 Å². The molecule has 0 aromatic heterocycles. The summed E-state index contributed by atoms with van der Waals surface area (Å²) in [6.45, 7) is 6.87. The average molecular weight is 304 g/mol. The van der Waals surface area contributed by atoms with E-state index >= 15 is 0 Å². The summed E-state index contributed by atoms with van der Waals surface area (Å²) in [6, 6.07) is 5.93. The van der Waals surface area contributed by atoms with Gasteiger partial charge >= 0.3 is 0 Å². The highest BCUT2D eigenvalue weighted by Gasteiger charge is 2.36. The van der Waals surface area contributed by atoms with Crippen LogP contribution in [0, 0.1) is 19.8 Å². The molecule has 120 valence electrons. The molecule has 1 heterocycles. The van der Waals surface area contributed by atoms with E-state index in [4.69, 9.17) is 4.74 Å². The summed E-state index contributed by atoms with van der Waals surface area (Å²) in [4.78, 5) is 26.2. The summed E-state index contributed by atoms with van der Waals surface area (Å²) >= 11 is 0. The summed E-state index contributed by atoms with van der Waals surface area (Å²) in [5, 5.41) is 2.93. The maximum atomic E-state index is 12.4. The lowest BCUT2D eigenvalue weighted by molar-refractivity contribution is -0.130. The van der Waals surface area contributed by atoms with Gasteiger partial charge in [-0.15, -0.1) is 0 Å². The van der Waals surface area contributed by atoms with Gasteiger partial charge in [0.2, 0.25) is 11.8 Å². The van der Waals surface area contributed by atoms with Crippen molar-refractivity contribution in [2.24, 2.45) is 5.92 Å². The second-order valence-electron chi connectivity index (χ2n) is 6.12. The highest BCUT2D eigenvalue weighted by molar-refractivity contribution is 5.97. The van der Waals surface area contributed by atoms with Crippen molar-refractivity contribution < 1.29 is 14.3 Å². The van der Waals surface area contributed by atoms with Gasteiger partial charge in [-0.25, -0.2) is 0 Å². The lowest BCUT2D eigenvalue weighted by Crippen LogP contribution is -2.38. The number of benzene rings is 1. The molecular formula is C17H24N2O3. The largest absolute Gasteiger partial charge is 0.383 e. The Balaban J connectivity index is 2.00. The van der Waals surface area contributed by atoms with Gasteiger partial charge in [0.15, 0.2) is 0 Å². The van der Waals surface area contributed by atoms with E-state index in [9.17, 15) is 9.59 Å². The molecule has 2 amide bonds. The number of amides is 2. The first-order valence-corrected chi connectivity index (χ1v) is 7.58. The summed E-state index contributed by atoms with van der Waals surface area (Å²) in [5.41, 5.74) is 3.00. The predicted octanol–water partition coefficient (Wildman–Crippen LogP) is 2.13. The Morgan fingerprint density at radius 2 is 2.00 bits per heavy atom. The number of likely N-dealkylation sites (tertiary alicyclic amines) is 1. The van der Waals surface area contributed by atoms with Crippen molar-refractivity contribution in [2.45, 2.75) is 33.2 Å². The Kier molecular flexibility index (Phi) is 5.19. The molecule has 0 saturated carbocycles. The minimum atomic E-state index is -0.298. The minimum absolute atomic E-state index is 0.00323. The molecule has 5 nitrogen and oxygen atoms in total. The fourth-order valence-electron chi connectivity index (χ4n) is 2.96. The summed E-state index contributed by atoms with van der Waals surface area (Å²) in [5.74, 6) is -0.372. The van der Waals surface area contributed by atoms with Crippen LogP contribution in [0.4, 0.5) is 5.69 Å². The number of rotatable bonds is 5. The fraction of sp³-hybridized carbons (Fsp3) is 0.529. The number of aryl methyl sites for hydroxylation is 2. The van der Waals surface area contributed by atoms with E-state index in [2.05, 4.69) is 11.4 Å². The summed E-state index contributed by atoms with van der Waals surface area (Å²) in [6.07, 6.45) is 0.269. The molecule has 1 saturated heterocycles. The van der Waals surface area contributed by atoms with Gasteiger partial charge in [-0.1, -0.05) is 6.07 Å². The van der Waals surface area contributed by atoms with Gasteiger partial charge in [0.05, 0.1) is 18.6 Å². The number of anilines is 1. The van der Waals surface area contributed by atoms with Crippen molar-refractivity contribution >= 4 is 17.5 Å². The molecule has 0 bridgehead atoms. The molecule has 1 aliphatic heterocycles. The third kappa shape index (κ3) is 3.85.